The minimum Gasteiger partial charge on any atom is -0.486 e. The van der Waals surface area contributed by atoms with Gasteiger partial charge in [0, 0.05) is 10.7 Å². The Morgan fingerprint density at radius 1 is 1.14 bits per heavy atom. The van der Waals surface area contributed by atoms with Crippen molar-refractivity contribution in [2.24, 2.45) is 0 Å². The number of ether oxygens (including phenoxy) is 2. The Morgan fingerprint density at radius 2 is 1.86 bits per heavy atom. The zero-order valence-corrected chi connectivity index (χ0v) is 13.3. The van der Waals surface area contributed by atoms with Crippen molar-refractivity contribution in [1.82, 2.24) is 5.32 Å². The fourth-order valence-electron chi connectivity index (χ4n) is 2.08. The topological polar surface area (TPSA) is 42.5 Å². The van der Waals surface area contributed by atoms with Gasteiger partial charge in [0.05, 0.1) is 6.54 Å². The molecule has 2 aromatic carbocycles. The highest BCUT2D eigenvalue weighted by Crippen LogP contribution is 2.30. The predicted molar refractivity (Wildman–Crippen MR) is 92.0 cm³/mol. The van der Waals surface area contributed by atoms with Gasteiger partial charge in [0.25, 0.3) is 0 Å². The van der Waals surface area contributed by atoms with E-state index < -0.39 is 0 Å². The third kappa shape index (κ3) is 3.81. The van der Waals surface area contributed by atoms with Crippen LogP contribution in [0.4, 0.5) is 5.69 Å². The van der Waals surface area contributed by atoms with Crippen molar-refractivity contribution in [3.8, 4) is 11.5 Å². The summed E-state index contributed by atoms with van der Waals surface area (Å²) < 4.78 is 11.5. The normalized spacial score (nSPS) is 16.0. The van der Waals surface area contributed by atoms with Gasteiger partial charge < -0.3 is 20.1 Å². The van der Waals surface area contributed by atoms with Crippen molar-refractivity contribution in [2.45, 2.75) is 6.10 Å². The van der Waals surface area contributed by atoms with Gasteiger partial charge in [-0.2, -0.15) is 0 Å². The zero-order chi connectivity index (χ0) is 15.4. The summed E-state index contributed by atoms with van der Waals surface area (Å²) in [6.45, 7) is 1.06. The van der Waals surface area contributed by atoms with Crippen LogP contribution in [0.15, 0.2) is 48.5 Å². The van der Waals surface area contributed by atoms with Gasteiger partial charge in [-0.1, -0.05) is 23.7 Å². The molecule has 114 valence electrons. The molecule has 0 aliphatic carbocycles. The maximum absolute atomic E-state index is 5.86. The zero-order valence-electron chi connectivity index (χ0n) is 11.7. The molecule has 0 bridgehead atoms. The Bertz CT molecular complexity index is 663. The lowest BCUT2D eigenvalue weighted by Gasteiger charge is -2.27. The number of anilines is 1. The Kier molecular flexibility index (Phi) is 4.65. The van der Waals surface area contributed by atoms with E-state index in [0.29, 0.717) is 23.3 Å². The van der Waals surface area contributed by atoms with Crippen LogP contribution >= 0.6 is 23.8 Å². The molecule has 0 spiro atoms. The van der Waals surface area contributed by atoms with Crippen molar-refractivity contribution in [3.05, 3.63) is 53.6 Å². The lowest BCUT2D eigenvalue weighted by molar-refractivity contribution is 0.0939. The minimum atomic E-state index is -0.0835. The van der Waals surface area contributed by atoms with E-state index in [0.717, 1.165) is 17.2 Å². The highest BCUT2D eigenvalue weighted by atomic mass is 35.5. The first-order valence-electron chi connectivity index (χ1n) is 6.89. The number of benzene rings is 2. The summed E-state index contributed by atoms with van der Waals surface area (Å²) in [5, 5.41) is 7.44. The van der Waals surface area contributed by atoms with Gasteiger partial charge in [-0.3, -0.25) is 0 Å². The van der Waals surface area contributed by atoms with E-state index in [4.69, 9.17) is 33.3 Å². The van der Waals surface area contributed by atoms with E-state index in [2.05, 4.69) is 10.6 Å². The van der Waals surface area contributed by atoms with Crippen molar-refractivity contribution in [2.75, 3.05) is 18.5 Å². The average molecular weight is 335 g/mol. The Labute approximate surface area is 139 Å². The summed E-state index contributed by atoms with van der Waals surface area (Å²) in [6, 6.07) is 15.0. The number of fused-ring (bicyclic) bond motifs is 1. The van der Waals surface area contributed by atoms with Crippen molar-refractivity contribution >= 4 is 34.6 Å². The fourth-order valence-corrected chi connectivity index (χ4v) is 2.41. The van der Waals surface area contributed by atoms with Gasteiger partial charge >= 0.3 is 0 Å². The number of nitrogens with one attached hydrogen (secondary N) is 2. The molecule has 1 unspecified atom stereocenters. The van der Waals surface area contributed by atoms with E-state index in [-0.39, 0.29) is 6.10 Å². The maximum atomic E-state index is 5.86. The molecular formula is C16H15ClN2O2S. The predicted octanol–water partition coefficient (Wildman–Crippen LogP) is 3.47. The van der Waals surface area contributed by atoms with E-state index in [9.17, 15) is 0 Å². The summed E-state index contributed by atoms with van der Waals surface area (Å²) in [6.07, 6.45) is -0.0835. The fraction of sp³-hybridized carbons (Fsp3) is 0.188. The first kappa shape index (κ1) is 14.9. The standard InChI is InChI=1S/C16H15ClN2O2S/c17-11-5-7-12(8-6-11)19-16(22)18-9-13-10-20-14-3-1-2-4-15(14)21-13/h1-8,13H,9-10H2,(H2,18,19,22). The van der Waals surface area contributed by atoms with Crippen LogP contribution in [-0.4, -0.2) is 24.4 Å². The Balaban J connectivity index is 1.49. The van der Waals surface area contributed by atoms with Crippen molar-refractivity contribution < 1.29 is 9.47 Å². The largest absolute Gasteiger partial charge is 0.486 e. The SMILES string of the molecule is S=C(NCC1COc2ccccc2O1)Nc1ccc(Cl)cc1. The molecule has 0 fully saturated rings. The summed E-state index contributed by atoms with van der Waals surface area (Å²) >= 11 is 11.1. The van der Waals surface area contributed by atoms with Gasteiger partial charge in [-0.05, 0) is 48.6 Å². The van der Waals surface area contributed by atoms with Gasteiger partial charge in [-0.25, -0.2) is 0 Å². The van der Waals surface area contributed by atoms with Crippen molar-refractivity contribution in [3.63, 3.8) is 0 Å². The molecule has 0 saturated heterocycles. The molecular weight excluding hydrogens is 320 g/mol. The molecule has 0 aromatic heterocycles. The van der Waals surface area contributed by atoms with Crippen LogP contribution in [0.2, 0.25) is 5.02 Å². The minimum absolute atomic E-state index is 0.0835. The van der Waals surface area contributed by atoms with Crippen LogP contribution in [0, 0.1) is 0 Å². The Hall–Kier alpha value is -1.98. The molecule has 6 heteroatoms. The molecule has 1 aliphatic rings. The monoisotopic (exact) mass is 334 g/mol. The van der Waals surface area contributed by atoms with E-state index in [1.54, 1.807) is 0 Å². The molecule has 22 heavy (non-hydrogen) atoms. The molecule has 4 nitrogen and oxygen atoms in total. The van der Waals surface area contributed by atoms with E-state index >= 15 is 0 Å². The van der Waals surface area contributed by atoms with Crippen molar-refractivity contribution in [1.29, 1.82) is 0 Å². The third-order valence-electron chi connectivity index (χ3n) is 3.16. The highest BCUT2D eigenvalue weighted by Gasteiger charge is 2.20. The Morgan fingerprint density at radius 3 is 2.64 bits per heavy atom. The molecule has 0 saturated carbocycles. The van der Waals surface area contributed by atoms with Gasteiger partial charge in [0.15, 0.2) is 16.6 Å². The van der Waals surface area contributed by atoms with E-state index in [1.807, 2.05) is 48.5 Å². The third-order valence-corrected chi connectivity index (χ3v) is 3.66. The lowest BCUT2D eigenvalue weighted by Crippen LogP contribution is -2.42. The van der Waals surface area contributed by atoms with Crippen LogP contribution < -0.4 is 20.1 Å². The van der Waals surface area contributed by atoms with Crippen LogP contribution in [0.3, 0.4) is 0 Å². The number of rotatable bonds is 3. The van der Waals surface area contributed by atoms with Crippen LogP contribution in [-0.2, 0) is 0 Å². The lowest BCUT2D eigenvalue weighted by atomic mass is 10.2. The van der Waals surface area contributed by atoms with Crippen LogP contribution in [0.5, 0.6) is 11.5 Å². The molecule has 1 heterocycles. The number of hydrogen-bond acceptors (Lipinski definition) is 3. The van der Waals surface area contributed by atoms with Gasteiger partial charge in [0.2, 0.25) is 0 Å². The van der Waals surface area contributed by atoms with Crippen LogP contribution in [0.1, 0.15) is 0 Å². The molecule has 3 rings (SSSR count). The summed E-state index contributed by atoms with van der Waals surface area (Å²) in [4.78, 5) is 0. The number of thiocarbonyl (C=S) groups is 1. The highest BCUT2D eigenvalue weighted by molar-refractivity contribution is 7.80. The number of hydrogen-bond donors (Lipinski definition) is 2. The second-order valence-corrected chi connectivity index (χ2v) is 5.68. The second kappa shape index (κ2) is 6.85. The number of para-hydroxylation sites is 2. The van der Waals surface area contributed by atoms with Gasteiger partial charge in [-0.15, -0.1) is 0 Å². The summed E-state index contributed by atoms with van der Waals surface area (Å²) in [7, 11) is 0. The van der Waals surface area contributed by atoms with Crippen LogP contribution in [0.25, 0.3) is 0 Å². The smallest absolute Gasteiger partial charge is 0.170 e. The first-order valence-corrected chi connectivity index (χ1v) is 7.68. The maximum Gasteiger partial charge on any atom is 0.170 e. The quantitative estimate of drug-likeness (QED) is 0.841. The summed E-state index contributed by atoms with van der Waals surface area (Å²) in [5.74, 6) is 1.54. The first-order chi connectivity index (χ1) is 10.7. The average Bonchev–Trinajstić information content (AvgIpc) is 2.55. The van der Waals surface area contributed by atoms with E-state index in [1.165, 1.54) is 0 Å². The molecule has 1 aliphatic heterocycles. The second-order valence-electron chi connectivity index (χ2n) is 4.84. The molecule has 2 aromatic rings. The number of halogens is 1. The molecule has 2 N–H and O–H groups in total. The molecule has 0 radical (unpaired) electrons. The molecule has 0 amide bonds. The summed E-state index contributed by atoms with van der Waals surface area (Å²) in [5.41, 5.74) is 0.882. The molecule has 1 atom stereocenters. The van der Waals surface area contributed by atoms with Gasteiger partial charge in [0.1, 0.15) is 12.7 Å².